The highest BCUT2D eigenvalue weighted by Crippen LogP contribution is 2.74. The summed E-state index contributed by atoms with van der Waals surface area (Å²) >= 11 is 0. The zero-order chi connectivity index (χ0) is 51.0. The summed E-state index contributed by atoms with van der Waals surface area (Å²) in [6.07, 6.45) is 76.1. The monoisotopic (exact) mass is 1060 g/mol. The number of hydrogen-bond acceptors (Lipinski definition) is 0. The summed E-state index contributed by atoms with van der Waals surface area (Å²) in [5, 5.41) is 0. The van der Waals surface area contributed by atoms with Gasteiger partial charge in [-0.2, -0.15) is 0 Å². The van der Waals surface area contributed by atoms with Gasteiger partial charge in [0.15, 0.2) is 0 Å². The minimum absolute atomic E-state index is 1.08. The molecule has 0 aliphatic heterocycles. The molecule has 78 heavy (non-hydrogen) atoms. The smallest absolute Gasteiger partial charge is 0.0315 e. The van der Waals surface area contributed by atoms with Crippen molar-refractivity contribution in [2.45, 2.75) is 295 Å². The average molecular weight is 1060 g/mol. The second-order valence-electron chi connectivity index (χ2n) is 35.8. The van der Waals surface area contributed by atoms with Gasteiger partial charge in [-0.25, -0.2) is 0 Å². The Morgan fingerprint density at radius 1 is 0.103 bits per heavy atom. The summed E-state index contributed by atoms with van der Waals surface area (Å²) in [6, 6.07) is 0. The minimum atomic E-state index is 1.08. The fraction of sp³-hybridized carbons (Fsp3) is 1.00. The van der Waals surface area contributed by atoms with Crippen molar-refractivity contribution in [2.24, 2.45) is 189 Å². The lowest BCUT2D eigenvalue weighted by molar-refractivity contribution is -0.218. The van der Waals surface area contributed by atoms with Crippen LogP contribution >= 0.6 is 0 Å². The van der Waals surface area contributed by atoms with Crippen LogP contribution in [0.15, 0.2) is 0 Å². The summed E-state index contributed by atoms with van der Waals surface area (Å²) < 4.78 is 0. The lowest BCUT2D eigenvalue weighted by Crippen LogP contribution is -2.64. The molecule has 0 heteroatoms. The highest BCUT2D eigenvalue weighted by molar-refractivity contribution is 5.16. The molecular formula is C78H124. The molecule has 436 valence electrons. The SMILES string of the molecule is C1CCC2CC(C3C(C4CCC5CCCCC5C4)C(C4CCC5CCCCC5C4)C(C4CC5CCCC6CCC7CCCC4C7C65)C(C4CCC5CCC6CCCC7CCC4C5C67)C3C3CCC4CCCCC4C3)CCC2C1. The molecule has 0 N–H and O–H groups in total. The van der Waals surface area contributed by atoms with Gasteiger partial charge in [0.25, 0.3) is 0 Å². The van der Waals surface area contributed by atoms with Crippen LogP contribution in [0.25, 0.3) is 0 Å². The van der Waals surface area contributed by atoms with E-state index in [4.69, 9.17) is 0 Å². The molecule has 17 rings (SSSR count). The van der Waals surface area contributed by atoms with E-state index in [0.29, 0.717) is 0 Å². The van der Waals surface area contributed by atoms with Gasteiger partial charge in [-0.15, -0.1) is 0 Å². The van der Waals surface area contributed by atoms with Crippen LogP contribution in [0.5, 0.6) is 0 Å². The second kappa shape index (κ2) is 22.1. The maximum Gasteiger partial charge on any atom is -0.0315 e. The van der Waals surface area contributed by atoms with Crippen molar-refractivity contribution in [2.75, 3.05) is 0 Å². The van der Waals surface area contributed by atoms with Crippen molar-refractivity contribution in [3.05, 3.63) is 0 Å². The molecular weight excluding hydrogens is 937 g/mol. The first kappa shape index (κ1) is 52.3. The molecule has 17 aliphatic carbocycles. The van der Waals surface area contributed by atoms with E-state index in [1.54, 1.807) is 295 Å². The molecule has 0 bridgehead atoms. The molecule has 0 spiro atoms. The molecule has 17 aliphatic rings. The number of fused-ring (bicyclic) bond motifs is 4. The Morgan fingerprint density at radius 3 is 0.756 bits per heavy atom. The van der Waals surface area contributed by atoms with E-state index in [0.717, 1.165) is 189 Å². The van der Waals surface area contributed by atoms with Crippen molar-refractivity contribution >= 4 is 0 Å². The van der Waals surface area contributed by atoms with Crippen molar-refractivity contribution in [1.82, 2.24) is 0 Å². The molecule has 0 aromatic rings. The molecule has 0 amide bonds. The van der Waals surface area contributed by atoms with Gasteiger partial charge in [-0.3, -0.25) is 0 Å². The minimum Gasteiger partial charge on any atom is -0.0530 e. The molecule has 0 heterocycles. The largest absolute Gasteiger partial charge is 0.0530 e. The number of rotatable bonds is 6. The van der Waals surface area contributed by atoms with Gasteiger partial charge >= 0.3 is 0 Å². The molecule has 17 fully saturated rings. The standard InChI is InChI=1S/C78H124/c1-5-16-56-42-61(34-26-47(56)12-1)73-74(62-35-27-48-13-2-6-17-57(48)43-62)76(64-37-29-50-15-4-8-19-59(50)45-64)78(68-46-60-24-10-22-52-30-32-54-23-11-25-65(68)71(54)70(52)60)77(75(73)63-36-28-49-14-3-7-18-58(49)44-63)67-41-39-55-33-31-51-20-9-21-53-38-40-66(67)72(55)69(51)53/h47-78H,1-46H2. The highest BCUT2D eigenvalue weighted by Gasteiger charge is 2.67. The predicted octanol–water partition coefficient (Wildman–Crippen LogP) is 21.9. The summed E-state index contributed by atoms with van der Waals surface area (Å²) in [6.45, 7) is 0. The van der Waals surface area contributed by atoms with Gasteiger partial charge in [-0.1, -0.05) is 154 Å². The fourth-order valence-electron chi connectivity index (χ4n) is 31.9. The predicted molar refractivity (Wildman–Crippen MR) is 324 cm³/mol. The lowest BCUT2D eigenvalue weighted by atomic mass is 9.35. The Bertz CT molecular complexity index is 2020. The molecule has 0 radical (unpaired) electrons. The summed E-state index contributed by atoms with van der Waals surface area (Å²) in [7, 11) is 0. The Kier molecular flexibility index (Phi) is 14.8. The molecule has 0 aromatic carbocycles. The molecule has 0 saturated heterocycles. The van der Waals surface area contributed by atoms with E-state index in [1.165, 1.54) is 0 Å². The van der Waals surface area contributed by atoms with E-state index in [-0.39, 0.29) is 0 Å². The average Bonchev–Trinajstić information content (AvgIpc) is 3.10. The summed E-state index contributed by atoms with van der Waals surface area (Å²) in [5.74, 6) is 35.6. The zero-order valence-corrected chi connectivity index (χ0v) is 51.0. The third-order valence-electron chi connectivity index (χ3n) is 33.9. The highest BCUT2D eigenvalue weighted by atomic mass is 14.7. The fourth-order valence-corrected chi connectivity index (χ4v) is 31.9. The van der Waals surface area contributed by atoms with Crippen LogP contribution in [0.1, 0.15) is 295 Å². The van der Waals surface area contributed by atoms with Crippen LogP contribution in [0.3, 0.4) is 0 Å². The van der Waals surface area contributed by atoms with Crippen molar-refractivity contribution in [3.63, 3.8) is 0 Å². The Balaban J connectivity index is 0.880. The molecule has 32 atom stereocenters. The van der Waals surface area contributed by atoms with Crippen LogP contribution in [0.4, 0.5) is 0 Å². The van der Waals surface area contributed by atoms with Crippen LogP contribution in [-0.4, -0.2) is 0 Å². The summed E-state index contributed by atoms with van der Waals surface area (Å²) in [5.41, 5.74) is 0. The number of hydrogen-bond donors (Lipinski definition) is 0. The van der Waals surface area contributed by atoms with Gasteiger partial charge in [0.05, 0.1) is 0 Å². The molecule has 32 unspecified atom stereocenters. The van der Waals surface area contributed by atoms with Gasteiger partial charge in [0.2, 0.25) is 0 Å². The Morgan fingerprint density at radius 2 is 0.333 bits per heavy atom. The second-order valence-corrected chi connectivity index (χ2v) is 35.8. The molecule has 0 aromatic heterocycles. The Labute approximate surface area is 482 Å². The van der Waals surface area contributed by atoms with Gasteiger partial charge < -0.3 is 0 Å². The van der Waals surface area contributed by atoms with Gasteiger partial charge in [0.1, 0.15) is 0 Å². The van der Waals surface area contributed by atoms with E-state index >= 15 is 0 Å². The normalized spacial score (nSPS) is 58.5. The van der Waals surface area contributed by atoms with Crippen LogP contribution in [0.2, 0.25) is 0 Å². The van der Waals surface area contributed by atoms with E-state index in [9.17, 15) is 0 Å². The van der Waals surface area contributed by atoms with Gasteiger partial charge in [0, 0.05) is 0 Å². The maximum atomic E-state index is 1.77. The topological polar surface area (TPSA) is 0 Å². The first-order valence-electron chi connectivity index (χ1n) is 38.7. The van der Waals surface area contributed by atoms with E-state index in [2.05, 4.69) is 0 Å². The van der Waals surface area contributed by atoms with Crippen LogP contribution in [0, 0.1) is 189 Å². The quantitative estimate of drug-likeness (QED) is 0.249. The van der Waals surface area contributed by atoms with Crippen molar-refractivity contribution in [3.8, 4) is 0 Å². The third kappa shape index (κ3) is 9.00. The Hall–Kier alpha value is 0. The lowest BCUT2D eigenvalue weighted by Gasteiger charge is -2.70. The van der Waals surface area contributed by atoms with E-state index in [1.807, 2.05) is 0 Å². The van der Waals surface area contributed by atoms with Crippen LogP contribution in [-0.2, 0) is 0 Å². The van der Waals surface area contributed by atoms with Gasteiger partial charge in [-0.05, 0) is 331 Å². The first-order valence-corrected chi connectivity index (χ1v) is 38.7. The van der Waals surface area contributed by atoms with Crippen molar-refractivity contribution < 1.29 is 0 Å². The van der Waals surface area contributed by atoms with Crippen molar-refractivity contribution in [1.29, 1.82) is 0 Å². The van der Waals surface area contributed by atoms with E-state index < -0.39 is 0 Å². The van der Waals surface area contributed by atoms with Crippen LogP contribution < -0.4 is 0 Å². The maximum absolute atomic E-state index is 1.77. The molecule has 17 saturated carbocycles. The summed E-state index contributed by atoms with van der Waals surface area (Å²) in [4.78, 5) is 0. The first-order chi connectivity index (χ1) is 38.7. The zero-order valence-electron chi connectivity index (χ0n) is 51.0. The third-order valence-corrected chi connectivity index (χ3v) is 33.9. The molecule has 0 nitrogen and oxygen atoms in total.